The van der Waals surface area contributed by atoms with Crippen molar-refractivity contribution in [1.82, 2.24) is 14.6 Å². The summed E-state index contributed by atoms with van der Waals surface area (Å²) in [6, 6.07) is 7.82. The van der Waals surface area contributed by atoms with E-state index in [9.17, 15) is 0 Å². The first-order valence-electron chi connectivity index (χ1n) is 7.28. The van der Waals surface area contributed by atoms with Crippen molar-refractivity contribution in [2.24, 2.45) is 5.10 Å². The Balaban J connectivity index is 1.95. The molecule has 0 saturated carbocycles. The highest BCUT2D eigenvalue weighted by Crippen LogP contribution is 2.13. The normalized spacial score (nSPS) is 11.5. The number of ether oxygens (including phenoxy) is 1. The van der Waals surface area contributed by atoms with Crippen molar-refractivity contribution in [1.29, 1.82) is 0 Å². The smallest absolute Gasteiger partial charge is 0.221 e. The third-order valence-corrected chi connectivity index (χ3v) is 3.04. The van der Waals surface area contributed by atoms with Gasteiger partial charge >= 0.3 is 0 Å². The van der Waals surface area contributed by atoms with Gasteiger partial charge in [-0.05, 0) is 45.1 Å². The number of aromatic nitrogens is 2. The summed E-state index contributed by atoms with van der Waals surface area (Å²) in [5.74, 6) is 1.22. The molecule has 0 radical (unpaired) electrons. The second kappa shape index (κ2) is 7.61. The molecule has 0 unspecified atom stereocenters. The summed E-state index contributed by atoms with van der Waals surface area (Å²) in [7, 11) is 4.11. The molecule has 0 atom stereocenters. The van der Waals surface area contributed by atoms with Gasteiger partial charge in [-0.1, -0.05) is 12.1 Å². The van der Waals surface area contributed by atoms with Gasteiger partial charge in [0.05, 0.1) is 24.7 Å². The van der Waals surface area contributed by atoms with Gasteiger partial charge in [-0.3, -0.25) is 0 Å². The molecule has 0 aliphatic rings. The third-order valence-electron chi connectivity index (χ3n) is 3.04. The first kappa shape index (κ1) is 16.0. The minimum atomic E-state index is 0.379. The fraction of sp³-hybridized carbons (Fsp3) is 0.375. The first-order chi connectivity index (χ1) is 10.5. The van der Waals surface area contributed by atoms with E-state index >= 15 is 0 Å². The van der Waals surface area contributed by atoms with Gasteiger partial charge < -0.3 is 15.4 Å². The molecule has 2 aromatic rings. The lowest BCUT2D eigenvalue weighted by Gasteiger charge is -2.10. The molecule has 2 rings (SSSR count). The average Bonchev–Trinajstić information content (AvgIpc) is 2.80. The second-order valence-corrected chi connectivity index (χ2v) is 5.41. The first-order valence-corrected chi connectivity index (χ1v) is 7.28. The number of imidazole rings is 1. The molecule has 1 aromatic carbocycles. The van der Waals surface area contributed by atoms with Crippen molar-refractivity contribution in [2.45, 2.75) is 13.3 Å². The average molecular weight is 301 g/mol. The van der Waals surface area contributed by atoms with E-state index in [1.165, 1.54) is 0 Å². The van der Waals surface area contributed by atoms with Crippen LogP contribution >= 0.6 is 0 Å². The number of hydrogen-bond acceptors (Lipinski definition) is 5. The molecule has 0 spiro atoms. The lowest BCUT2D eigenvalue weighted by Crippen LogP contribution is -2.15. The number of nitrogens with two attached hydrogens (primary N) is 1. The zero-order chi connectivity index (χ0) is 15.9. The van der Waals surface area contributed by atoms with Gasteiger partial charge in [-0.25, -0.2) is 9.66 Å². The van der Waals surface area contributed by atoms with Gasteiger partial charge in [0, 0.05) is 6.54 Å². The van der Waals surface area contributed by atoms with E-state index in [1.54, 1.807) is 17.1 Å². The maximum atomic E-state index is 5.75. The van der Waals surface area contributed by atoms with Gasteiger partial charge in [0.25, 0.3) is 0 Å². The molecule has 22 heavy (non-hydrogen) atoms. The maximum Gasteiger partial charge on any atom is 0.221 e. The number of nitrogens with zero attached hydrogens (tertiary/aromatic N) is 4. The van der Waals surface area contributed by atoms with Gasteiger partial charge in [-0.15, -0.1) is 0 Å². The van der Waals surface area contributed by atoms with Crippen LogP contribution < -0.4 is 10.5 Å². The minimum absolute atomic E-state index is 0.379. The molecule has 6 nitrogen and oxygen atoms in total. The van der Waals surface area contributed by atoms with E-state index in [0.29, 0.717) is 12.6 Å². The molecule has 1 heterocycles. The molecule has 0 saturated heterocycles. The Morgan fingerprint density at radius 1 is 1.41 bits per heavy atom. The van der Waals surface area contributed by atoms with Crippen molar-refractivity contribution in [3.63, 3.8) is 0 Å². The predicted octanol–water partition coefficient (Wildman–Crippen LogP) is 1.99. The van der Waals surface area contributed by atoms with Gasteiger partial charge in [-0.2, -0.15) is 5.10 Å². The molecule has 0 aliphatic carbocycles. The van der Waals surface area contributed by atoms with Crippen LogP contribution in [0.25, 0.3) is 0 Å². The molecule has 1 aromatic heterocycles. The summed E-state index contributed by atoms with van der Waals surface area (Å²) in [6.45, 7) is 3.59. The van der Waals surface area contributed by atoms with E-state index in [-0.39, 0.29) is 0 Å². The monoisotopic (exact) mass is 301 g/mol. The zero-order valence-electron chi connectivity index (χ0n) is 13.4. The number of anilines is 1. The van der Waals surface area contributed by atoms with Crippen molar-refractivity contribution >= 4 is 12.2 Å². The highest BCUT2D eigenvalue weighted by molar-refractivity contribution is 5.80. The van der Waals surface area contributed by atoms with E-state index in [0.717, 1.165) is 30.0 Å². The van der Waals surface area contributed by atoms with Crippen LogP contribution in [0.5, 0.6) is 5.75 Å². The van der Waals surface area contributed by atoms with Crippen LogP contribution in [0.3, 0.4) is 0 Å². The van der Waals surface area contributed by atoms with Gasteiger partial charge in [0.1, 0.15) is 5.75 Å². The summed E-state index contributed by atoms with van der Waals surface area (Å²) >= 11 is 0. The topological polar surface area (TPSA) is 68.7 Å². The largest absolute Gasteiger partial charge is 0.494 e. The maximum absolute atomic E-state index is 5.75. The Morgan fingerprint density at radius 2 is 2.23 bits per heavy atom. The van der Waals surface area contributed by atoms with Crippen LogP contribution in [0.2, 0.25) is 0 Å². The van der Waals surface area contributed by atoms with Crippen LogP contribution in [0.15, 0.2) is 35.6 Å². The molecular formula is C16H23N5O. The molecule has 2 N–H and O–H groups in total. The fourth-order valence-corrected chi connectivity index (χ4v) is 1.98. The molecule has 118 valence electrons. The Bertz CT molecular complexity index is 633. The molecule has 0 bridgehead atoms. The van der Waals surface area contributed by atoms with Crippen molar-refractivity contribution in [3.05, 3.63) is 41.7 Å². The van der Waals surface area contributed by atoms with Crippen LogP contribution in [0, 0.1) is 6.92 Å². The minimum Gasteiger partial charge on any atom is -0.494 e. The van der Waals surface area contributed by atoms with E-state index in [4.69, 9.17) is 10.5 Å². The highest BCUT2D eigenvalue weighted by atomic mass is 16.5. The summed E-state index contributed by atoms with van der Waals surface area (Å²) < 4.78 is 7.30. The molecule has 0 aliphatic heterocycles. The SMILES string of the molecule is Cc1cn(N=Cc2cccc(OCCCN(C)C)c2)c(N)n1. The molecular weight excluding hydrogens is 278 g/mol. The van der Waals surface area contributed by atoms with Crippen LogP contribution in [0.4, 0.5) is 5.95 Å². The van der Waals surface area contributed by atoms with Gasteiger partial charge in [0.15, 0.2) is 0 Å². The third kappa shape index (κ3) is 4.89. The highest BCUT2D eigenvalue weighted by Gasteiger charge is 1.99. The van der Waals surface area contributed by atoms with E-state index in [1.807, 2.05) is 31.2 Å². The van der Waals surface area contributed by atoms with E-state index in [2.05, 4.69) is 29.1 Å². The predicted molar refractivity (Wildman–Crippen MR) is 89.5 cm³/mol. The number of hydrogen-bond donors (Lipinski definition) is 1. The number of nitrogen functional groups attached to an aromatic ring is 1. The fourth-order valence-electron chi connectivity index (χ4n) is 1.98. The van der Waals surface area contributed by atoms with Crippen LogP contribution in [-0.4, -0.2) is 48.0 Å². The lowest BCUT2D eigenvalue weighted by molar-refractivity contribution is 0.281. The number of benzene rings is 1. The van der Waals surface area contributed by atoms with Crippen molar-refractivity contribution in [2.75, 3.05) is 33.0 Å². The number of rotatable bonds is 7. The Kier molecular flexibility index (Phi) is 5.55. The zero-order valence-corrected chi connectivity index (χ0v) is 13.4. The summed E-state index contributed by atoms with van der Waals surface area (Å²) in [6.07, 6.45) is 4.52. The summed E-state index contributed by atoms with van der Waals surface area (Å²) in [5, 5.41) is 4.30. The Labute approximate surface area is 131 Å². The lowest BCUT2D eigenvalue weighted by atomic mass is 10.2. The quantitative estimate of drug-likeness (QED) is 0.627. The molecule has 6 heteroatoms. The molecule has 0 amide bonds. The van der Waals surface area contributed by atoms with Crippen molar-refractivity contribution in [3.8, 4) is 5.75 Å². The Morgan fingerprint density at radius 3 is 2.91 bits per heavy atom. The standard InChI is InChI=1S/C16H23N5O/c1-13-12-21(16(17)19-13)18-11-14-6-4-7-15(10-14)22-9-5-8-20(2)3/h4,6-7,10-12H,5,8-9H2,1-3H3,(H2,17,19). The van der Waals surface area contributed by atoms with Crippen LogP contribution in [0.1, 0.15) is 17.7 Å². The summed E-state index contributed by atoms with van der Waals surface area (Å²) in [4.78, 5) is 6.25. The Hall–Kier alpha value is -2.34. The van der Waals surface area contributed by atoms with Gasteiger partial charge in [0.2, 0.25) is 5.95 Å². The second-order valence-electron chi connectivity index (χ2n) is 5.41. The molecule has 0 fully saturated rings. The number of aryl methyl sites for hydroxylation is 1. The summed E-state index contributed by atoms with van der Waals surface area (Å²) in [5.41, 5.74) is 7.55. The van der Waals surface area contributed by atoms with Crippen molar-refractivity contribution < 1.29 is 4.74 Å². The van der Waals surface area contributed by atoms with Crippen LogP contribution in [-0.2, 0) is 0 Å². The van der Waals surface area contributed by atoms with E-state index < -0.39 is 0 Å².